The Morgan fingerprint density at radius 2 is 1.55 bits per heavy atom. The van der Waals surface area contributed by atoms with Gasteiger partial charge in [0.25, 0.3) is 11.8 Å². The van der Waals surface area contributed by atoms with Crippen molar-refractivity contribution in [3.05, 3.63) is 70.7 Å². The highest BCUT2D eigenvalue weighted by atomic mass is 19.1. The van der Waals surface area contributed by atoms with Gasteiger partial charge in [-0.15, -0.1) is 0 Å². The smallest absolute Gasteiger partial charge is 0.282 e. The van der Waals surface area contributed by atoms with Crippen LogP contribution < -0.4 is 4.90 Å². The van der Waals surface area contributed by atoms with E-state index in [1.807, 2.05) is 36.9 Å². The predicted molar refractivity (Wildman–Crippen MR) is 112 cm³/mol. The first kappa shape index (κ1) is 19.4. The van der Waals surface area contributed by atoms with Crippen molar-refractivity contribution in [2.75, 3.05) is 18.0 Å². The maximum absolute atomic E-state index is 13.4. The van der Waals surface area contributed by atoms with Crippen LogP contribution in [0.5, 0.6) is 0 Å². The molecule has 0 bridgehead atoms. The number of benzene rings is 2. The fourth-order valence-electron chi connectivity index (χ4n) is 4.03. The van der Waals surface area contributed by atoms with E-state index in [1.165, 1.54) is 29.2 Å². The number of anilines is 1. The van der Waals surface area contributed by atoms with Gasteiger partial charge in [-0.25, -0.2) is 9.29 Å². The summed E-state index contributed by atoms with van der Waals surface area (Å²) in [5, 5.41) is 0. The van der Waals surface area contributed by atoms with Gasteiger partial charge in [0.15, 0.2) is 0 Å². The van der Waals surface area contributed by atoms with Crippen molar-refractivity contribution in [2.24, 2.45) is 5.92 Å². The molecule has 150 valence electrons. The largest absolute Gasteiger partial charge is 0.366 e. The standard InChI is InChI=1S/C24H25FN2O2/c1-15-10-12-26(13-11-15)22-21(18-5-4-16(2)17(3)14-18)23(28)27(24(22)29)20-8-6-19(25)7-9-20/h4-9,14-15H,10-13H2,1-3H3. The Bertz CT molecular complexity index is 1000. The number of aryl methyl sites for hydroxylation is 2. The molecule has 2 amide bonds. The Hall–Kier alpha value is -2.95. The van der Waals surface area contributed by atoms with Crippen LogP contribution in [0.25, 0.3) is 5.57 Å². The first-order valence-corrected chi connectivity index (χ1v) is 10.1. The van der Waals surface area contributed by atoms with Crippen LogP contribution in [0.15, 0.2) is 48.2 Å². The summed E-state index contributed by atoms with van der Waals surface area (Å²) in [7, 11) is 0. The average Bonchev–Trinajstić information content (AvgIpc) is 2.96. The second kappa shape index (κ2) is 7.47. The SMILES string of the molecule is Cc1ccc(C2=C(N3CCC(C)CC3)C(=O)N(c3ccc(F)cc3)C2=O)cc1C. The van der Waals surface area contributed by atoms with Crippen molar-refractivity contribution < 1.29 is 14.0 Å². The minimum absolute atomic E-state index is 0.329. The molecule has 2 heterocycles. The van der Waals surface area contributed by atoms with Crippen LogP contribution in [0.3, 0.4) is 0 Å². The monoisotopic (exact) mass is 392 g/mol. The molecule has 0 spiro atoms. The molecular formula is C24H25FN2O2. The van der Waals surface area contributed by atoms with Gasteiger partial charge in [0.05, 0.1) is 11.3 Å². The van der Waals surface area contributed by atoms with Gasteiger partial charge >= 0.3 is 0 Å². The number of rotatable bonds is 3. The van der Waals surface area contributed by atoms with Gasteiger partial charge in [-0.2, -0.15) is 0 Å². The van der Waals surface area contributed by atoms with Crippen LogP contribution in [0.4, 0.5) is 10.1 Å². The molecule has 4 rings (SSSR count). The van der Waals surface area contributed by atoms with E-state index < -0.39 is 5.82 Å². The quantitative estimate of drug-likeness (QED) is 0.724. The van der Waals surface area contributed by atoms with Gasteiger partial charge in [0.1, 0.15) is 11.5 Å². The molecule has 0 N–H and O–H groups in total. The van der Waals surface area contributed by atoms with E-state index in [-0.39, 0.29) is 11.8 Å². The minimum Gasteiger partial charge on any atom is -0.366 e. The molecule has 0 aromatic heterocycles. The third kappa shape index (κ3) is 3.46. The summed E-state index contributed by atoms with van der Waals surface area (Å²) in [6.45, 7) is 7.73. The van der Waals surface area contributed by atoms with Gasteiger partial charge in [-0.05, 0) is 73.6 Å². The Morgan fingerprint density at radius 3 is 2.17 bits per heavy atom. The fraction of sp³-hybridized carbons (Fsp3) is 0.333. The zero-order chi connectivity index (χ0) is 20.7. The van der Waals surface area contributed by atoms with Crippen molar-refractivity contribution in [2.45, 2.75) is 33.6 Å². The first-order valence-electron chi connectivity index (χ1n) is 10.1. The van der Waals surface area contributed by atoms with E-state index in [1.54, 1.807) is 0 Å². The van der Waals surface area contributed by atoms with Crippen LogP contribution in [0, 0.1) is 25.6 Å². The van der Waals surface area contributed by atoms with Crippen molar-refractivity contribution >= 4 is 23.1 Å². The second-order valence-electron chi connectivity index (χ2n) is 8.11. The number of hydrogen-bond acceptors (Lipinski definition) is 3. The van der Waals surface area contributed by atoms with Crippen LogP contribution in [-0.2, 0) is 9.59 Å². The van der Waals surface area contributed by atoms with E-state index >= 15 is 0 Å². The summed E-state index contributed by atoms with van der Waals surface area (Å²) < 4.78 is 13.4. The number of amides is 2. The van der Waals surface area contributed by atoms with Crippen LogP contribution in [0.1, 0.15) is 36.5 Å². The van der Waals surface area contributed by atoms with E-state index in [4.69, 9.17) is 0 Å². The third-order valence-corrected chi connectivity index (χ3v) is 6.04. The van der Waals surface area contributed by atoms with E-state index in [0.29, 0.717) is 22.9 Å². The van der Waals surface area contributed by atoms with Crippen LogP contribution in [0.2, 0.25) is 0 Å². The summed E-state index contributed by atoms with van der Waals surface area (Å²) in [6, 6.07) is 11.3. The zero-order valence-electron chi connectivity index (χ0n) is 17.0. The van der Waals surface area contributed by atoms with Gasteiger partial charge < -0.3 is 4.90 Å². The van der Waals surface area contributed by atoms with Crippen molar-refractivity contribution in [1.29, 1.82) is 0 Å². The highest BCUT2D eigenvalue weighted by Crippen LogP contribution is 2.36. The molecule has 0 unspecified atom stereocenters. The molecule has 1 fully saturated rings. The molecule has 29 heavy (non-hydrogen) atoms. The van der Waals surface area contributed by atoms with E-state index in [9.17, 15) is 14.0 Å². The lowest BCUT2D eigenvalue weighted by molar-refractivity contribution is -0.120. The molecule has 2 aliphatic rings. The lowest BCUT2D eigenvalue weighted by Gasteiger charge is -2.32. The first-order chi connectivity index (χ1) is 13.9. The Labute approximate surface area is 170 Å². The summed E-state index contributed by atoms with van der Waals surface area (Å²) >= 11 is 0. The highest BCUT2D eigenvalue weighted by Gasteiger charge is 2.43. The predicted octanol–water partition coefficient (Wildman–Crippen LogP) is 4.46. The number of halogens is 1. The number of nitrogens with zero attached hydrogens (tertiary/aromatic N) is 2. The van der Waals surface area contributed by atoms with Crippen molar-refractivity contribution in [1.82, 2.24) is 4.90 Å². The number of likely N-dealkylation sites (tertiary alicyclic amines) is 1. The normalized spacial score (nSPS) is 18.2. The molecule has 0 radical (unpaired) electrons. The summed E-state index contributed by atoms with van der Waals surface area (Å²) in [5.74, 6) is -0.472. The van der Waals surface area contributed by atoms with E-state index in [0.717, 1.165) is 42.6 Å². The summed E-state index contributed by atoms with van der Waals surface area (Å²) in [4.78, 5) is 30.1. The lowest BCUT2D eigenvalue weighted by atomic mass is 9.96. The van der Waals surface area contributed by atoms with Crippen molar-refractivity contribution in [3.8, 4) is 0 Å². The van der Waals surface area contributed by atoms with Gasteiger partial charge in [-0.1, -0.05) is 25.1 Å². The Kier molecular flexibility index (Phi) is 4.99. The topological polar surface area (TPSA) is 40.6 Å². The Balaban J connectivity index is 1.82. The van der Waals surface area contributed by atoms with Gasteiger partial charge in [-0.3, -0.25) is 9.59 Å². The Morgan fingerprint density at radius 1 is 0.897 bits per heavy atom. The third-order valence-electron chi connectivity index (χ3n) is 6.04. The molecule has 2 aliphatic heterocycles. The number of hydrogen-bond donors (Lipinski definition) is 0. The van der Waals surface area contributed by atoms with Crippen molar-refractivity contribution in [3.63, 3.8) is 0 Å². The maximum Gasteiger partial charge on any atom is 0.282 e. The van der Waals surface area contributed by atoms with Gasteiger partial charge in [0.2, 0.25) is 0 Å². The van der Waals surface area contributed by atoms with Gasteiger partial charge in [0, 0.05) is 13.1 Å². The average molecular weight is 392 g/mol. The molecule has 0 atom stereocenters. The summed E-state index contributed by atoms with van der Waals surface area (Å²) in [6.07, 6.45) is 1.98. The molecule has 0 aliphatic carbocycles. The summed E-state index contributed by atoms with van der Waals surface area (Å²) in [5.41, 5.74) is 4.26. The number of carbonyl (C=O) groups excluding carboxylic acids is 2. The van der Waals surface area contributed by atoms with E-state index in [2.05, 4.69) is 6.92 Å². The lowest BCUT2D eigenvalue weighted by Crippen LogP contribution is -2.38. The highest BCUT2D eigenvalue weighted by molar-refractivity contribution is 6.45. The van der Waals surface area contributed by atoms with Crippen LogP contribution >= 0.6 is 0 Å². The minimum atomic E-state index is -0.402. The zero-order valence-corrected chi connectivity index (χ0v) is 17.0. The molecule has 2 aromatic rings. The molecule has 1 saturated heterocycles. The number of carbonyl (C=O) groups is 2. The molecular weight excluding hydrogens is 367 g/mol. The fourth-order valence-corrected chi connectivity index (χ4v) is 4.03. The molecule has 5 heteroatoms. The maximum atomic E-state index is 13.4. The molecule has 0 saturated carbocycles. The second-order valence-corrected chi connectivity index (χ2v) is 8.11. The van der Waals surface area contributed by atoms with Crippen LogP contribution in [-0.4, -0.2) is 29.8 Å². The number of piperidine rings is 1. The molecule has 4 nitrogen and oxygen atoms in total. The number of imide groups is 1. The molecule has 2 aromatic carbocycles.